The van der Waals surface area contributed by atoms with E-state index in [9.17, 15) is 0 Å². The minimum atomic E-state index is 0.819. The van der Waals surface area contributed by atoms with E-state index >= 15 is 0 Å². The van der Waals surface area contributed by atoms with Crippen LogP contribution in [0.5, 0.6) is 5.75 Å². The van der Waals surface area contributed by atoms with Gasteiger partial charge in [0, 0.05) is 44.0 Å². The van der Waals surface area contributed by atoms with Gasteiger partial charge in [-0.2, -0.15) is 5.10 Å². The second-order valence-electron chi connectivity index (χ2n) is 6.56. The SMILES string of the molecule is COc1cccc2c(N3CCCN(c4cccnn4)CC3)c(C)cnc12. The lowest BCUT2D eigenvalue weighted by molar-refractivity contribution is 0.419. The number of hydrogen-bond donors (Lipinski definition) is 0. The fourth-order valence-corrected chi connectivity index (χ4v) is 3.70. The van der Waals surface area contributed by atoms with Crippen molar-refractivity contribution in [2.24, 2.45) is 0 Å². The molecule has 134 valence electrons. The second-order valence-corrected chi connectivity index (χ2v) is 6.56. The Labute approximate surface area is 153 Å². The number of anilines is 2. The number of ether oxygens (including phenoxy) is 1. The standard InChI is InChI=1S/C20H23N5O/c1-15-14-21-19-16(6-3-7-17(19)26-2)20(15)25-11-5-10-24(12-13-25)18-8-4-9-22-23-18/h3-4,6-9,14H,5,10-13H2,1-2H3. The molecule has 0 amide bonds. The normalized spacial score (nSPS) is 15.2. The van der Waals surface area contributed by atoms with Crippen molar-refractivity contribution in [1.29, 1.82) is 0 Å². The summed E-state index contributed by atoms with van der Waals surface area (Å²) in [4.78, 5) is 9.39. The van der Waals surface area contributed by atoms with E-state index < -0.39 is 0 Å². The first-order valence-electron chi connectivity index (χ1n) is 8.98. The van der Waals surface area contributed by atoms with Crippen LogP contribution in [0.2, 0.25) is 0 Å². The number of rotatable bonds is 3. The molecule has 1 aliphatic heterocycles. The summed E-state index contributed by atoms with van der Waals surface area (Å²) in [5.41, 5.74) is 3.37. The van der Waals surface area contributed by atoms with E-state index in [0.717, 1.165) is 55.1 Å². The van der Waals surface area contributed by atoms with E-state index in [1.54, 1.807) is 13.3 Å². The molecule has 1 saturated heterocycles. The highest BCUT2D eigenvalue weighted by atomic mass is 16.5. The Balaban J connectivity index is 1.67. The van der Waals surface area contributed by atoms with E-state index in [1.165, 1.54) is 11.3 Å². The average molecular weight is 349 g/mol. The first-order valence-corrected chi connectivity index (χ1v) is 8.98. The lowest BCUT2D eigenvalue weighted by Gasteiger charge is -2.27. The first kappa shape index (κ1) is 16.6. The molecule has 0 N–H and O–H groups in total. The van der Waals surface area contributed by atoms with E-state index in [2.05, 4.69) is 38.0 Å². The highest BCUT2D eigenvalue weighted by molar-refractivity contribution is 5.96. The van der Waals surface area contributed by atoms with Gasteiger partial charge in [-0.3, -0.25) is 4.98 Å². The van der Waals surface area contributed by atoms with Crippen LogP contribution < -0.4 is 14.5 Å². The third-order valence-electron chi connectivity index (χ3n) is 4.93. The van der Waals surface area contributed by atoms with Crippen LogP contribution in [-0.2, 0) is 0 Å². The number of fused-ring (bicyclic) bond motifs is 1. The Hall–Kier alpha value is -2.89. The maximum absolute atomic E-state index is 5.50. The summed E-state index contributed by atoms with van der Waals surface area (Å²) in [5.74, 6) is 1.77. The van der Waals surface area contributed by atoms with Crippen LogP contribution in [0, 0.1) is 6.92 Å². The summed E-state index contributed by atoms with van der Waals surface area (Å²) in [6, 6.07) is 10.1. The van der Waals surface area contributed by atoms with Crippen molar-refractivity contribution in [3.63, 3.8) is 0 Å². The van der Waals surface area contributed by atoms with Gasteiger partial charge in [-0.25, -0.2) is 0 Å². The number of methoxy groups -OCH3 is 1. The second kappa shape index (κ2) is 7.15. The van der Waals surface area contributed by atoms with Crippen molar-refractivity contribution in [2.45, 2.75) is 13.3 Å². The quantitative estimate of drug-likeness (QED) is 0.724. The Morgan fingerprint density at radius 3 is 2.65 bits per heavy atom. The molecule has 6 nitrogen and oxygen atoms in total. The number of aromatic nitrogens is 3. The molecule has 26 heavy (non-hydrogen) atoms. The topological polar surface area (TPSA) is 54.4 Å². The zero-order valence-corrected chi connectivity index (χ0v) is 15.2. The van der Waals surface area contributed by atoms with Crippen LogP contribution in [0.3, 0.4) is 0 Å². The Kier molecular flexibility index (Phi) is 4.56. The molecule has 0 radical (unpaired) electrons. The van der Waals surface area contributed by atoms with Crippen molar-refractivity contribution in [3.8, 4) is 5.75 Å². The molecule has 0 aliphatic carbocycles. The summed E-state index contributed by atoms with van der Waals surface area (Å²) in [5, 5.41) is 9.43. The van der Waals surface area contributed by atoms with Crippen LogP contribution in [0.15, 0.2) is 42.7 Å². The maximum atomic E-state index is 5.50. The number of aryl methyl sites for hydroxylation is 1. The lowest BCUT2D eigenvalue weighted by Crippen LogP contribution is -2.31. The predicted molar refractivity (Wildman–Crippen MR) is 104 cm³/mol. The molecule has 0 bridgehead atoms. The van der Waals surface area contributed by atoms with Gasteiger partial charge in [0.25, 0.3) is 0 Å². The van der Waals surface area contributed by atoms with Gasteiger partial charge in [-0.1, -0.05) is 12.1 Å². The van der Waals surface area contributed by atoms with Crippen molar-refractivity contribution in [1.82, 2.24) is 15.2 Å². The van der Waals surface area contributed by atoms with E-state index in [-0.39, 0.29) is 0 Å². The molecule has 0 saturated carbocycles. The van der Waals surface area contributed by atoms with Gasteiger partial charge in [-0.05, 0) is 37.1 Å². The molecule has 3 aromatic rings. The largest absolute Gasteiger partial charge is 0.494 e. The van der Waals surface area contributed by atoms with Gasteiger partial charge < -0.3 is 14.5 Å². The number of nitrogens with zero attached hydrogens (tertiary/aromatic N) is 5. The molecular weight excluding hydrogens is 326 g/mol. The molecular formula is C20H23N5O. The molecule has 1 aromatic carbocycles. The van der Waals surface area contributed by atoms with E-state index in [4.69, 9.17) is 4.74 Å². The van der Waals surface area contributed by atoms with Gasteiger partial charge in [0.15, 0.2) is 5.82 Å². The monoisotopic (exact) mass is 349 g/mol. The summed E-state index contributed by atoms with van der Waals surface area (Å²) < 4.78 is 5.50. The van der Waals surface area contributed by atoms with Crippen LogP contribution in [0.4, 0.5) is 11.5 Å². The third-order valence-corrected chi connectivity index (χ3v) is 4.93. The molecule has 6 heteroatoms. The van der Waals surface area contributed by atoms with E-state index in [0.29, 0.717) is 0 Å². The maximum Gasteiger partial charge on any atom is 0.151 e. The van der Waals surface area contributed by atoms with E-state index in [1.807, 2.05) is 30.5 Å². The fraction of sp³-hybridized carbons (Fsp3) is 0.350. The Morgan fingerprint density at radius 2 is 1.85 bits per heavy atom. The lowest BCUT2D eigenvalue weighted by atomic mass is 10.1. The third kappa shape index (κ3) is 3.03. The molecule has 1 aliphatic rings. The van der Waals surface area contributed by atoms with Gasteiger partial charge in [-0.15, -0.1) is 5.10 Å². The Morgan fingerprint density at radius 1 is 1.00 bits per heavy atom. The zero-order chi connectivity index (χ0) is 17.9. The fourth-order valence-electron chi connectivity index (χ4n) is 3.70. The summed E-state index contributed by atoms with van der Waals surface area (Å²) in [7, 11) is 1.70. The van der Waals surface area contributed by atoms with Crippen LogP contribution in [0.1, 0.15) is 12.0 Å². The average Bonchev–Trinajstić information content (AvgIpc) is 2.94. The minimum Gasteiger partial charge on any atom is -0.494 e. The highest BCUT2D eigenvalue weighted by Gasteiger charge is 2.20. The summed E-state index contributed by atoms with van der Waals surface area (Å²) >= 11 is 0. The van der Waals surface area contributed by atoms with Crippen molar-refractivity contribution in [2.75, 3.05) is 43.1 Å². The predicted octanol–water partition coefficient (Wildman–Crippen LogP) is 3.06. The smallest absolute Gasteiger partial charge is 0.151 e. The molecule has 1 fully saturated rings. The van der Waals surface area contributed by atoms with Gasteiger partial charge >= 0.3 is 0 Å². The molecule has 0 atom stereocenters. The number of hydrogen-bond acceptors (Lipinski definition) is 6. The summed E-state index contributed by atoms with van der Waals surface area (Å²) in [6.07, 6.45) is 4.74. The van der Waals surface area contributed by atoms with Crippen LogP contribution >= 0.6 is 0 Å². The van der Waals surface area contributed by atoms with Crippen LogP contribution in [0.25, 0.3) is 10.9 Å². The Bertz CT molecular complexity index is 899. The zero-order valence-electron chi connectivity index (χ0n) is 15.2. The van der Waals surface area contributed by atoms with Crippen molar-refractivity contribution < 1.29 is 4.74 Å². The molecule has 4 rings (SSSR count). The number of para-hydroxylation sites is 1. The minimum absolute atomic E-state index is 0.819. The molecule has 0 spiro atoms. The number of pyridine rings is 1. The molecule has 2 aromatic heterocycles. The van der Waals surface area contributed by atoms with Crippen molar-refractivity contribution >= 4 is 22.4 Å². The summed E-state index contributed by atoms with van der Waals surface area (Å²) in [6.45, 7) is 5.99. The van der Waals surface area contributed by atoms with Crippen LogP contribution in [-0.4, -0.2) is 48.5 Å². The number of benzene rings is 1. The first-order chi connectivity index (χ1) is 12.8. The molecule has 0 unspecified atom stereocenters. The highest BCUT2D eigenvalue weighted by Crippen LogP contribution is 2.34. The van der Waals surface area contributed by atoms with Gasteiger partial charge in [0.2, 0.25) is 0 Å². The van der Waals surface area contributed by atoms with Gasteiger partial charge in [0.05, 0.1) is 12.8 Å². The van der Waals surface area contributed by atoms with Crippen molar-refractivity contribution in [3.05, 3.63) is 48.3 Å². The molecule has 3 heterocycles. The van der Waals surface area contributed by atoms with Gasteiger partial charge in [0.1, 0.15) is 11.3 Å².